The molecule has 0 amide bonds. The Labute approximate surface area is 196 Å². The maximum Gasteiger partial charge on any atom is 0.117 e. The second kappa shape index (κ2) is 10.7. The molecule has 4 aromatic rings. The lowest BCUT2D eigenvalue weighted by Gasteiger charge is -2.19. The van der Waals surface area contributed by atoms with E-state index in [1.54, 1.807) is 6.26 Å². The van der Waals surface area contributed by atoms with Crippen LogP contribution in [0.4, 0.5) is 5.69 Å². The normalized spacial score (nSPS) is 11.3. The van der Waals surface area contributed by atoms with Gasteiger partial charge in [-0.1, -0.05) is 57.2 Å². The molecular weight excluding hydrogens is 418 g/mol. The number of pyridine rings is 1. The summed E-state index contributed by atoms with van der Waals surface area (Å²) in [6.45, 7) is 9.33. The summed E-state index contributed by atoms with van der Waals surface area (Å²) in [6, 6.07) is 21.4. The average Bonchev–Trinajstić information content (AvgIpc) is 3.29. The largest absolute Gasteiger partial charge is 0.468 e. The highest BCUT2D eigenvalue weighted by molar-refractivity contribution is 5.93. The van der Waals surface area contributed by atoms with Crippen LogP contribution in [0.2, 0.25) is 0 Å². The van der Waals surface area contributed by atoms with Gasteiger partial charge >= 0.3 is 0 Å². The van der Waals surface area contributed by atoms with E-state index in [9.17, 15) is 0 Å². The van der Waals surface area contributed by atoms with Crippen molar-refractivity contribution in [3.05, 3.63) is 84.4 Å². The fraction of sp³-hybridized carbons (Fsp3) is 0.296. The molecule has 0 radical (unpaired) electrons. The summed E-state index contributed by atoms with van der Waals surface area (Å²) in [7, 11) is 0. The second-order valence-electron chi connectivity index (χ2n) is 8.95. The van der Waals surface area contributed by atoms with Gasteiger partial charge < -0.3 is 15.1 Å². The lowest BCUT2D eigenvalue weighted by atomic mass is 9.86. The summed E-state index contributed by atoms with van der Waals surface area (Å²) in [5.74, 6) is 0.969. The van der Waals surface area contributed by atoms with E-state index in [4.69, 9.17) is 4.42 Å². The number of hydrogen-bond donors (Lipinski definition) is 2. The van der Waals surface area contributed by atoms with E-state index in [1.165, 1.54) is 16.7 Å². The molecule has 0 atom stereocenters. The molecular formula is C27H32ClN3O. The number of fused-ring (bicyclic) bond motifs is 1. The molecule has 2 aromatic carbocycles. The predicted octanol–water partition coefficient (Wildman–Crippen LogP) is 6.81. The van der Waals surface area contributed by atoms with Gasteiger partial charge in [0, 0.05) is 23.8 Å². The molecule has 2 N–H and O–H groups in total. The predicted molar refractivity (Wildman–Crippen MR) is 137 cm³/mol. The Hall–Kier alpha value is -2.82. The van der Waals surface area contributed by atoms with E-state index in [2.05, 4.69) is 84.9 Å². The Kier molecular flexibility index (Phi) is 7.94. The molecule has 0 unspecified atom stereocenters. The van der Waals surface area contributed by atoms with Gasteiger partial charge in [0.1, 0.15) is 5.76 Å². The second-order valence-corrected chi connectivity index (χ2v) is 8.95. The maximum absolute atomic E-state index is 5.33. The van der Waals surface area contributed by atoms with Crippen molar-refractivity contribution in [2.45, 2.75) is 39.2 Å². The van der Waals surface area contributed by atoms with Gasteiger partial charge in [-0.3, -0.25) is 4.98 Å². The minimum atomic E-state index is 0. The van der Waals surface area contributed by atoms with Gasteiger partial charge in [0.15, 0.2) is 0 Å². The van der Waals surface area contributed by atoms with Gasteiger partial charge in [0.2, 0.25) is 0 Å². The topological polar surface area (TPSA) is 50.1 Å². The van der Waals surface area contributed by atoms with E-state index in [0.717, 1.165) is 48.4 Å². The first-order valence-corrected chi connectivity index (χ1v) is 11.0. The van der Waals surface area contributed by atoms with Crippen LogP contribution in [0.25, 0.3) is 22.0 Å². The molecule has 32 heavy (non-hydrogen) atoms. The lowest BCUT2D eigenvalue weighted by molar-refractivity contribution is 0.482. The molecule has 2 heterocycles. The van der Waals surface area contributed by atoms with E-state index in [-0.39, 0.29) is 17.8 Å². The van der Waals surface area contributed by atoms with Crippen LogP contribution >= 0.6 is 12.4 Å². The zero-order valence-corrected chi connectivity index (χ0v) is 19.8. The van der Waals surface area contributed by atoms with Crippen molar-refractivity contribution in [1.29, 1.82) is 0 Å². The smallest absolute Gasteiger partial charge is 0.117 e. The number of rotatable bonds is 8. The number of hydrogen-bond acceptors (Lipinski definition) is 4. The van der Waals surface area contributed by atoms with Crippen molar-refractivity contribution in [1.82, 2.24) is 10.3 Å². The van der Waals surface area contributed by atoms with Gasteiger partial charge in [0.05, 0.1) is 18.3 Å². The van der Waals surface area contributed by atoms with Gasteiger partial charge in [-0.2, -0.15) is 0 Å². The van der Waals surface area contributed by atoms with Crippen LogP contribution in [0.3, 0.4) is 0 Å². The molecule has 0 spiro atoms. The van der Waals surface area contributed by atoms with Crippen molar-refractivity contribution in [3.8, 4) is 11.1 Å². The number of furan rings is 1. The van der Waals surface area contributed by atoms with E-state index in [0.29, 0.717) is 0 Å². The molecule has 0 aliphatic rings. The summed E-state index contributed by atoms with van der Waals surface area (Å²) in [4.78, 5) is 4.61. The minimum absolute atomic E-state index is 0. The van der Waals surface area contributed by atoms with Crippen molar-refractivity contribution in [2.75, 3.05) is 18.4 Å². The maximum atomic E-state index is 5.33. The number of nitrogens with zero attached hydrogens (tertiary/aromatic N) is 1. The molecule has 0 aliphatic heterocycles. The van der Waals surface area contributed by atoms with Gasteiger partial charge in [-0.05, 0) is 59.3 Å². The van der Waals surface area contributed by atoms with Crippen LogP contribution in [0.15, 0.2) is 77.5 Å². The van der Waals surface area contributed by atoms with E-state index in [1.807, 2.05) is 18.3 Å². The van der Waals surface area contributed by atoms with Crippen molar-refractivity contribution in [3.63, 3.8) is 0 Å². The standard InChI is InChI=1S/C27H31N3O.ClH/c1-27(2,3)22-10-7-20(8-11-22)21-9-12-24-25(13-16-30-26(24)18-21)29-15-5-14-28-19-23-6-4-17-31-23;/h4,6-13,16-18,28H,5,14-15,19H2,1-3H3,(H,29,30);1H. The Morgan fingerprint density at radius 1 is 0.906 bits per heavy atom. The molecule has 4 rings (SSSR count). The van der Waals surface area contributed by atoms with Crippen LogP contribution in [-0.2, 0) is 12.0 Å². The van der Waals surface area contributed by atoms with Gasteiger partial charge in [-0.25, -0.2) is 0 Å². The molecule has 0 saturated heterocycles. The van der Waals surface area contributed by atoms with Crippen molar-refractivity contribution < 1.29 is 4.42 Å². The number of benzene rings is 2. The van der Waals surface area contributed by atoms with Crippen LogP contribution in [0.5, 0.6) is 0 Å². The summed E-state index contributed by atoms with van der Waals surface area (Å²) in [5, 5.41) is 8.12. The van der Waals surface area contributed by atoms with Gasteiger partial charge in [0.25, 0.3) is 0 Å². The van der Waals surface area contributed by atoms with Crippen LogP contribution < -0.4 is 10.6 Å². The highest BCUT2D eigenvalue weighted by Gasteiger charge is 2.13. The molecule has 0 saturated carbocycles. The minimum Gasteiger partial charge on any atom is -0.468 e. The number of aromatic nitrogens is 1. The Morgan fingerprint density at radius 2 is 1.69 bits per heavy atom. The molecule has 4 nitrogen and oxygen atoms in total. The van der Waals surface area contributed by atoms with Crippen LogP contribution in [0, 0.1) is 0 Å². The fourth-order valence-corrected chi connectivity index (χ4v) is 3.71. The first-order chi connectivity index (χ1) is 15.0. The third-order valence-corrected chi connectivity index (χ3v) is 5.55. The molecule has 5 heteroatoms. The number of anilines is 1. The molecule has 0 fully saturated rings. The summed E-state index contributed by atoms with van der Waals surface area (Å²) >= 11 is 0. The molecule has 2 aromatic heterocycles. The third-order valence-electron chi connectivity index (χ3n) is 5.55. The van der Waals surface area contributed by atoms with Gasteiger partial charge in [-0.15, -0.1) is 12.4 Å². The Morgan fingerprint density at radius 3 is 2.41 bits per heavy atom. The molecule has 168 valence electrons. The third kappa shape index (κ3) is 5.90. The van der Waals surface area contributed by atoms with E-state index >= 15 is 0 Å². The number of halogens is 1. The lowest BCUT2D eigenvalue weighted by Crippen LogP contribution is -2.17. The van der Waals surface area contributed by atoms with Crippen molar-refractivity contribution >= 4 is 29.0 Å². The monoisotopic (exact) mass is 449 g/mol. The van der Waals surface area contributed by atoms with Crippen LogP contribution in [0.1, 0.15) is 38.5 Å². The summed E-state index contributed by atoms with van der Waals surface area (Å²) in [6.07, 6.45) is 4.62. The highest BCUT2D eigenvalue weighted by atomic mass is 35.5. The average molecular weight is 450 g/mol. The quantitative estimate of drug-likeness (QED) is 0.290. The van der Waals surface area contributed by atoms with E-state index < -0.39 is 0 Å². The Bertz CT molecular complexity index is 1120. The first-order valence-electron chi connectivity index (χ1n) is 11.0. The first kappa shape index (κ1) is 23.8. The summed E-state index contributed by atoms with van der Waals surface area (Å²) in [5.41, 5.74) is 6.07. The SMILES string of the molecule is CC(C)(C)c1ccc(-c2ccc3c(NCCCNCc4ccco4)ccnc3c2)cc1.Cl. The molecule has 0 aliphatic carbocycles. The summed E-state index contributed by atoms with van der Waals surface area (Å²) < 4.78 is 5.33. The number of nitrogens with one attached hydrogen (secondary N) is 2. The zero-order chi connectivity index (χ0) is 21.7. The molecule has 0 bridgehead atoms. The fourth-order valence-electron chi connectivity index (χ4n) is 3.71. The van der Waals surface area contributed by atoms with Crippen LogP contribution in [-0.4, -0.2) is 18.1 Å². The van der Waals surface area contributed by atoms with Crippen molar-refractivity contribution in [2.24, 2.45) is 0 Å². The Balaban J connectivity index is 0.00000289. The zero-order valence-electron chi connectivity index (χ0n) is 19.0. The highest BCUT2D eigenvalue weighted by Crippen LogP contribution is 2.29.